The predicted octanol–water partition coefficient (Wildman–Crippen LogP) is 1.05. The first kappa shape index (κ1) is 15.1. The lowest BCUT2D eigenvalue weighted by Gasteiger charge is -2.07. The zero-order chi connectivity index (χ0) is 14.5. The number of esters is 1. The van der Waals surface area contributed by atoms with Crippen LogP contribution in [-0.4, -0.2) is 27.0 Å². The van der Waals surface area contributed by atoms with Crippen LogP contribution in [0.25, 0.3) is 0 Å². The number of hydrogen-bond acceptors (Lipinski definition) is 5. The molecule has 1 atom stereocenters. The van der Waals surface area contributed by atoms with Crippen molar-refractivity contribution >= 4 is 16.0 Å². The molecule has 0 aliphatic carbocycles. The van der Waals surface area contributed by atoms with Crippen molar-refractivity contribution in [3.63, 3.8) is 0 Å². The fourth-order valence-electron chi connectivity index (χ4n) is 1.30. The van der Waals surface area contributed by atoms with E-state index >= 15 is 0 Å². The lowest BCUT2D eigenvalue weighted by molar-refractivity contribution is 0.0435. The van der Waals surface area contributed by atoms with Gasteiger partial charge < -0.3 is 4.74 Å². The van der Waals surface area contributed by atoms with Crippen molar-refractivity contribution in [2.75, 3.05) is 6.54 Å². The molecule has 0 aromatic heterocycles. The van der Waals surface area contributed by atoms with Gasteiger partial charge in [0.2, 0.25) is 10.0 Å². The topological polar surface area (TPSA) is 96.3 Å². The summed E-state index contributed by atoms with van der Waals surface area (Å²) in [5.41, 5.74) is 0.192. The van der Waals surface area contributed by atoms with E-state index in [-0.39, 0.29) is 17.0 Å². The van der Waals surface area contributed by atoms with Crippen LogP contribution in [0.1, 0.15) is 24.2 Å². The summed E-state index contributed by atoms with van der Waals surface area (Å²) in [7, 11) is -3.53. The molecular formula is C12H14N2O4S. The molecule has 1 rings (SSSR count). The van der Waals surface area contributed by atoms with Gasteiger partial charge in [0.05, 0.1) is 10.5 Å². The van der Waals surface area contributed by atoms with Crippen molar-refractivity contribution in [3.8, 4) is 6.07 Å². The first-order valence-corrected chi connectivity index (χ1v) is 7.09. The molecule has 0 spiro atoms. The third-order valence-electron chi connectivity index (χ3n) is 2.20. The van der Waals surface area contributed by atoms with Crippen LogP contribution in [0, 0.1) is 11.3 Å². The number of sulfonamides is 1. The maximum absolute atomic E-state index is 11.7. The summed E-state index contributed by atoms with van der Waals surface area (Å²) >= 11 is 0. The number of carbonyl (C=O) groups excluding carboxylic acids is 1. The van der Waals surface area contributed by atoms with Crippen molar-refractivity contribution in [3.05, 3.63) is 29.8 Å². The second kappa shape index (κ2) is 6.31. The maximum Gasteiger partial charge on any atom is 0.339 e. The number of ether oxygens (including phenoxy) is 1. The van der Waals surface area contributed by atoms with E-state index in [0.29, 0.717) is 0 Å². The molecule has 0 saturated carbocycles. The van der Waals surface area contributed by atoms with E-state index in [9.17, 15) is 13.2 Å². The van der Waals surface area contributed by atoms with Crippen LogP contribution in [0.15, 0.2) is 29.2 Å². The zero-order valence-electron chi connectivity index (χ0n) is 10.6. The Morgan fingerprint density at radius 2 is 2.00 bits per heavy atom. The third kappa shape index (κ3) is 4.05. The van der Waals surface area contributed by atoms with Gasteiger partial charge in [-0.05, 0) is 31.2 Å². The highest BCUT2D eigenvalue weighted by molar-refractivity contribution is 7.89. The quantitative estimate of drug-likeness (QED) is 0.814. The molecule has 0 amide bonds. The van der Waals surface area contributed by atoms with Gasteiger partial charge >= 0.3 is 5.97 Å². The highest BCUT2D eigenvalue weighted by Crippen LogP contribution is 2.11. The smallest absolute Gasteiger partial charge is 0.339 e. The van der Waals surface area contributed by atoms with E-state index in [1.807, 2.05) is 0 Å². The molecule has 0 aliphatic rings. The van der Waals surface area contributed by atoms with E-state index in [2.05, 4.69) is 4.72 Å². The summed E-state index contributed by atoms with van der Waals surface area (Å²) in [5.74, 6) is -0.665. The Labute approximate surface area is 112 Å². The van der Waals surface area contributed by atoms with Gasteiger partial charge in [0, 0.05) is 6.54 Å². The molecule has 1 unspecified atom stereocenters. The van der Waals surface area contributed by atoms with Gasteiger partial charge in [0.15, 0.2) is 6.10 Å². The predicted molar refractivity (Wildman–Crippen MR) is 67.8 cm³/mol. The van der Waals surface area contributed by atoms with E-state index in [0.717, 1.165) is 0 Å². The molecule has 6 nitrogen and oxygen atoms in total. The minimum Gasteiger partial charge on any atom is -0.444 e. The summed E-state index contributed by atoms with van der Waals surface area (Å²) in [6, 6.07) is 7.08. The third-order valence-corrected chi connectivity index (χ3v) is 3.76. The minimum absolute atomic E-state index is 0.0687. The molecule has 0 saturated heterocycles. The van der Waals surface area contributed by atoms with Crippen LogP contribution >= 0.6 is 0 Å². The number of hydrogen-bond donors (Lipinski definition) is 1. The summed E-state index contributed by atoms with van der Waals surface area (Å²) in [4.78, 5) is 11.6. The van der Waals surface area contributed by atoms with E-state index < -0.39 is 22.1 Å². The molecule has 0 fully saturated rings. The Balaban J connectivity index is 2.89. The molecule has 0 bridgehead atoms. The maximum atomic E-state index is 11.7. The van der Waals surface area contributed by atoms with Crippen LogP contribution in [0.2, 0.25) is 0 Å². The molecule has 1 aromatic carbocycles. The van der Waals surface area contributed by atoms with Crippen molar-refractivity contribution in [1.82, 2.24) is 4.72 Å². The van der Waals surface area contributed by atoms with E-state index in [1.54, 1.807) is 13.0 Å². The second-order valence-corrected chi connectivity index (χ2v) is 5.47. The average Bonchev–Trinajstić information content (AvgIpc) is 2.38. The molecule has 7 heteroatoms. The molecule has 0 aliphatic heterocycles. The van der Waals surface area contributed by atoms with Gasteiger partial charge in [0.1, 0.15) is 6.07 Å². The zero-order valence-corrected chi connectivity index (χ0v) is 11.4. The van der Waals surface area contributed by atoms with Gasteiger partial charge in [-0.2, -0.15) is 5.26 Å². The molecule has 1 aromatic rings. The Hall–Kier alpha value is -1.91. The normalized spacial score (nSPS) is 12.5. The van der Waals surface area contributed by atoms with Crippen LogP contribution < -0.4 is 4.72 Å². The first-order chi connectivity index (χ1) is 8.90. The van der Waals surface area contributed by atoms with Crippen molar-refractivity contribution in [2.45, 2.75) is 24.8 Å². The molecule has 19 heavy (non-hydrogen) atoms. The van der Waals surface area contributed by atoms with Gasteiger partial charge in [-0.3, -0.25) is 0 Å². The monoisotopic (exact) mass is 282 g/mol. The summed E-state index contributed by atoms with van der Waals surface area (Å²) in [6.07, 6.45) is -0.849. The standard InChI is InChI=1S/C12H14N2O4S/c1-3-14-19(16,17)11-6-4-10(5-7-11)12(15)18-9(2)8-13/h4-7,9,14H,3H2,1-2H3. The highest BCUT2D eigenvalue weighted by Gasteiger charge is 2.15. The number of nitrogens with zero attached hydrogens (tertiary/aromatic N) is 1. The molecule has 102 valence electrons. The van der Waals surface area contributed by atoms with Gasteiger partial charge in [-0.1, -0.05) is 6.92 Å². The largest absolute Gasteiger partial charge is 0.444 e. The number of nitriles is 1. The SMILES string of the molecule is CCNS(=O)(=O)c1ccc(C(=O)OC(C)C#N)cc1. The molecule has 0 radical (unpaired) electrons. The lowest BCUT2D eigenvalue weighted by atomic mass is 10.2. The van der Waals surface area contributed by atoms with Crippen LogP contribution in [0.3, 0.4) is 0 Å². The average molecular weight is 282 g/mol. The van der Waals surface area contributed by atoms with Gasteiger partial charge in [-0.15, -0.1) is 0 Å². The summed E-state index contributed by atoms with van der Waals surface area (Å²) in [6.45, 7) is 3.40. The molecule has 0 heterocycles. The number of carbonyl (C=O) groups is 1. The van der Waals surface area contributed by atoms with Crippen LogP contribution in [0.5, 0.6) is 0 Å². The van der Waals surface area contributed by atoms with E-state index in [1.165, 1.54) is 31.2 Å². The van der Waals surface area contributed by atoms with E-state index in [4.69, 9.17) is 10.00 Å². The second-order valence-electron chi connectivity index (χ2n) is 3.70. The number of rotatable bonds is 5. The van der Waals surface area contributed by atoms with Crippen molar-refractivity contribution in [1.29, 1.82) is 5.26 Å². The number of nitrogens with one attached hydrogen (secondary N) is 1. The fraction of sp³-hybridized carbons (Fsp3) is 0.333. The Morgan fingerprint density at radius 3 is 2.47 bits per heavy atom. The summed E-state index contributed by atoms with van der Waals surface area (Å²) in [5, 5.41) is 8.53. The van der Waals surface area contributed by atoms with Gasteiger partial charge in [-0.25, -0.2) is 17.9 Å². The summed E-state index contributed by atoms with van der Waals surface area (Å²) < 4.78 is 30.5. The van der Waals surface area contributed by atoms with Crippen LogP contribution in [-0.2, 0) is 14.8 Å². The lowest BCUT2D eigenvalue weighted by Crippen LogP contribution is -2.23. The van der Waals surface area contributed by atoms with Crippen molar-refractivity contribution < 1.29 is 17.9 Å². The van der Waals surface area contributed by atoms with Crippen molar-refractivity contribution in [2.24, 2.45) is 0 Å². The van der Waals surface area contributed by atoms with Crippen LogP contribution in [0.4, 0.5) is 0 Å². The van der Waals surface area contributed by atoms with Gasteiger partial charge in [0.25, 0.3) is 0 Å². The molecular weight excluding hydrogens is 268 g/mol. The minimum atomic E-state index is -3.53. The Morgan fingerprint density at radius 1 is 1.42 bits per heavy atom. The molecule has 1 N–H and O–H groups in total. The highest BCUT2D eigenvalue weighted by atomic mass is 32.2. The first-order valence-electron chi connectivity index (χ1n) is 5.61. The Bertz CT molecular complexity index is 587. The fourth-order valence-corrected chi connectivity index (χ4v) is 2.34. The Kier molecular flexibility index (Phi) is 5.03. The number of benzene rings is 1.